The van der Waals surface area contributed by atoms with Gasteiger partial charge in [0.25, 0.3) is 0 Å². The van der Waals surface area contributed by atoms with Crippen molar-refractivity contribution in [3.8, 4) is 0 Å². The van der Waals surface area contributed by atoms with Crippen molar-refractivity contribution in [2.75, 3.05) is 13.1 Å². The van der Waals surface area contributed by atoms with Crippen LogP contribution in [0.25, 0.3) is 0 Å². The highest BCUT2D eigenvalue weighted by Crippen LogP contribution is 2.25. The van der Waals surface area contributed by atoms with Gasteiger partial charge in [-0.25, -0.2) is 0 Å². The third-order valence-corrected chi connectivity index (χ3v) is 3.11. The van der Waals surface area contributed by atoms with Crippen LogP contribution >= 0.6 is 23.2 Å². The van der Waals surface area contributed by atoms with E-state index in [1.54, 1.807) is 6.07 Å². The molecule has 5 heteroatoms. The van der Waals surface area contributed by atoms with E-state index in [0.29, 0.717) is 23.1 Å². The third kappa shape index (κ3) is 5.39. The number of rotatable bonds is 6. The highest BCUT2D eigenvalue weighted by Gasteiger charge is 2.03. The van der Waals surface area contributed by atoms with E-state index in [-0.39, 0.29) is 5.91 Å². The molecule has 1 rings (SSSR count). The van der Waals surface area contributed by atoms with Crippen molar-refractivity contribution in [2.45, 2.75) is 19.9 Å². The first-order valence-electron chi connectivity index (χ1n) is 5.49. The monoisotopic (exact) mass is 274 g/mol. The van der Waals surface area contributed by atoms with Crippen LogP contribution in [0.15, 0.2) is 18.2 Å². The molecule has 0 saturated carbocycles. The third-order valence-electron chi connectivity index (χ3n) is 2.25. The second kappa shape index (κ2) is 7.54. The number of hydrogen-bond acceptors (Lipinski definition) is 2. The molecule has 0 bridgehead atoms. The normalized spacial score (nSPS) is 10.3. The molecule has 0 heterocycles. The van der Waals surface area contributed by atoms with E-state index in [0.717, 1.165) is 18.5 Å². The molecular formula is C12H16Cl2N2O. The first kappa shape index (κ1) is 14.3. The second-order valence-electron chi connectivity index (χ2n) is 3.73. The summed E-state index contributed by atoms with van der Waals surface area (Å²) in [6, 6.07) is 5.59. The van der Waals surface area contributed by atoms with E-state index < -0.39 is 0 Å². The maximum atomic E-state index is 10.6. The van der Waals surface area contributed by atoms with E-state index in [4.69, 9.17) is 23.2 Å². The fourth-order valence-corrected chi connectivity index (χ4v) is 1.77. The summed E-state index contributed by atoms with van der Waals surface area (Å²) in [6.45, 7) is 3.70. The highest BCUT2D eigenvalue weighted by atomic mass is 35.5. The topological polar surface area (TPSA) is 41.1 Å². The molecule has 0 aromatic heterocycles. The molecule has 1 aromatic rings. The Labute approximate surface area is 111 Å². The predicted molar refractivity (Wildman–Crippen MR) is 71.5 cm³/mol. The molecule has 17 heavy (non-hydrogen) atoms. The van der Waals surface area contributed by atoms with E-state index >= 15 is 0 Å². The van der Waals surface area contributed by atoms with Crippen molar-refractivity contribution in [1.82, 2.24) is 10.6 Å². The molecule has 0 aliphatic rings. The summed E-state index contributed by atoms with van der Waals surface area (Å²) in [5, 5.41) is 7.16. The molecule has 94 valence electrons. The minimum Gasteiger partial charge on any atom is -0.356 e. The number of carbonyl (C=O) groups excluding carboxylic acids is 1. The van der Waals surface area contributed by atoms with Crippen LogP contribution in [-0.4, -0.2) is 19.0 Å². The lowest BCUT2D eigenvalue weighted by atomic mass is 10.2. The SMILES string of the molecule is CC(=O)NCCCNCc1cccc(Cl)c1Cl. The molecule has 0 saturated heterocycles. The quantitative estimate of drug-likeness (QED) is 0.783. The standard InChI is InChI=1S/C12H16Cl2N2O/c1-9(17)16-7-3-6-15-8-10-4-2-5-11(13)12(10)14/h2,4-5,15H,3,6-8H2,1H3,(H,16,17). The van der Waals surface area contributed by atoms with Gasteiger partial charge in [-0.2, -0.15) is 0 Å². The Kier molecular flexibility index (Phi) is 6.34. The van der Waals surface area contributed by atoms with Gasteiger partial charge >= 0.3 is 0 Å². The predicted octanol–water partition coefficient (Wildman–Crippen LogP) is 2.61. The Morgan fingerprint density at radius 3 is 2.76 bits per heavy atom. The number of nitrogens with one attached hydrogen (secondary N) is 2. The molecule has 0 spiro atoms. The summed E-state index contributed by atoms with van der Waals surface area (Å²) in [6.07, 6.45) is 0.887. The Hall–Kier alpha value is -0.770. The molecule has 1 aromatic carbocycles. The molecule has 0 radical (unpaired) electrons. The van der Waals surface area contributed by atoms with Crippen LogP contribution in [0.2, 0.25) is 10.0 Å². The largest absolute Gasteiger partial charge is 0.356 e. The van der Waals surface area contributed by atoms with E-state index in [1.807, 2.05) is 12.1 Å². The van der Waals surface area contributed by atoms with Gasteiger partial charge in [-0.05, 0) is 24.6 Å². The van der Waals surface area contributed by atoms with Gasteiger partial charge < -0.3 is 10.6 Å². The molecule has 0 unspecified atom stereocenters. The minimum atomic E-state index is 0.00267. The van der Waals surface area contributed by atoms with Gasteiger partial charge in [0.15, 0.2) is 0 Å². The second-order valence-corrected chi connectivity index (χ2v) is 4.51. The van der Waals surface area contributed by atoms with Crippen LogP contribution in [0.3, 0.4) is 0 Å². The van der Waals surface area contributed by atoms with Crippen LogP contribution in [0, 0.1) is 0 Å². The van der Waals surface area contributed by atoms with Crippen LogP contribution < -0.4 is 10.6 Å². The molecule has 0 fully saturated rings. The highest BCUT2D eigenvalue weighted by molar-refractivity contribution is 6.42. The Bertz CT molecular complexity index is 383. The van der Waals surface area contributed by atoms with Crippen LogP contribution in [0.4, 0.5) is 0 Å². The molecule has 3 nitrogen and oxygen atoms in total. The average Bonchev–Trinajstić information content (AvgIpc) is 2.28. The van der Waals surface area contributed by atoms with Crippen molar-refractivity contribution < 1.29 is 4.79 Å². The first-order valence-corrected chi connectivity index (χ1v) is 6.25. The molecule has 1 amide bonds. The van der Waals surface area contributed by atoms with Crippen LogP contribution in [0.1, 0.15) is 18.9 Å². The van der Waals surface area contributed by atoms with Gasteiger partial charge in [-0.15, -0.1) is 0 Å². The Morgan fingerprint density at radius 2 is 2.06 bits per heavy atom. The number of amides is 1. The zero-order chi connectivity index (χ0) is 12.7. The lowest BCUT2D eigenvalue weighted by molar-refractivity contribution is -0.118. The minimum absolute atomic E-state index is 0.00267. The number of halogens is 2. The van der Waals surface area contributed by atoms with Gasteiger partial charge in [0.2, 0.25) is 5.91 Å². The molecule has 0 aliphatic heterocycles. The summed E-state index contributed by atoms with van der Waals surface area (Å²) in [5.74, 6) is 0.00267. The smallest absolute Gasteiger partial charge is 0.216 e. The van der Waals surface area contributed by atoms with Crippen LogP contribution in [0.5, 0.6) is 0 Å². The lowest BCUT2D eigenvalue weighted by Crippen LogP contribution is -2.25. The molecule has 0 atom stereocenters. The van der Waals surface area contributed by atoms with Gasteiger partial charge in [-0.1, -0.05) is 35.3 Å². The van der Waals surface area contributed by atoms with Gasteiger partial charge in [0, 0.05) is 20.0 Å². The zero-order valence-electron chi connectivity index (χ0n) is 9.72. The maximum Gasteiger partial charge on any atom is 0.216 e. The van der Waals surface area contributed by atoms with Crippen molar-refractivity contribution in [3.63, 3.8) is 0 Å². The van der Waals surface area contributed by atoms with Crippen molar-refractivity contribution >= 4 is 29.1 Å². The van der Waals surface area contributed by atoms with Gasteiger partial charge in [-0.3, -0.25) is 4.79 Å². The maximum absolute atomic E-state index is 10.6. The summed E-state index contributed by atoms with van der Waals surface area (Å²) in [7, 11) is 0. The van der Waals surface area contributed by atoms with Gasteiger partial charge in [0.1, 0.15) is 0 Å². The number of hydrogen-bond donors (Lipinski definition) is 2. The fraction of sp³-hybridized carbons (Fsp3) is 0.417. The Balaban J connectivity index is 2.22. The van der Waals surface area contributed by atoms with Gasteiger partial charge in [0.05, 0.1) is 10.0 Å². The first-order chi connectivity index (χ1) is 8.11. The van der Waals surface area contributed by atoms with Crippen molar-refractivity contribution in [1.29, 1.82) is 0 Å². The van der Waals surface area contributed by atoms with E-state index in [1.165, 1.54) is 6.92 Å². The summed E-state index contributed by atoms with van der Waals surface area (Å²) >= 11 is 11.9. The molecular weight excluding hydrogens is 259 g/mol. The Morgan fingerprint density at radius 1 is 1.29 bits per heavy atom. The lowest BCUT2D eigenvalue weighted by Gasteiger charge is -2.07. The van der Waals surface area contributed by atoms with Crippen LogP contribution in [-0.2, 0) is 11.3 Å². The average molecular weight is 275 g/mol. The number of carbonyl (C=O) groups is 1. The molecule has 0 aliphatic carbocycles. The summed E-state index contributed by atoms with van der Waals surface area (Å²) < 4.78 is 0. The van der Waals surface area contributed by atoms with Crippen molar-refractivity contribution in [3.05, 3.63) is 33.8 Å². The summed E-state index contributed by atoms with van der Waals surface area (Å²) in [5.41, 5.74) is 0.985. The molecule has 2 N–H and O–H groups in total. The van der Waals surface area contributed by atoms with Crippen molar-refractivity contribution in [2.24, 2.45) is 0 Å². The number of benzene rings is 1. The summed E-state index contributed by atoms with van der Waals surface area (Å²) in [4.78, 5) is 10.6. The zero-order valence-corrected chi connectivity index (χ0v) is 11.2. The van der Waals surface area contributed by atoms with E-state index in [9.17, 15) is 4.79 Å². The fourth-order valence-electron chi connectivity index (χ4n) is 1.39. The van der Waals surface area contributed by atoms with E-state index in [2.05, 4.69) is 10.6 Å².